The third kappa shape index (κ3) is 6.24. The zero-order valence-corrected chi connectivity index (χ0v) is 22.5. The molecule has 8 heteroatoms. The number of ether oxygens (including phenoxy) is 2. The van der Waals surface area contributed by atoms with Crippen LogP contribution in [-0.2, 0) is 9.59 Å². The fourth-order valence-corrected chi connectivity index (χ4v) is 4.17. The molecule has 1 atom stereocenters. The molecule has 1 fully saturated rings. The van der Waals surface area contributed by atoms with Crippen LogP contribution >= 0.6 is 15.9 Å². The minimum atomic E-state index is -0.753. The minimum absolute atomic E-state index is 0.0617. The van der Waals surface area contributed by atoms with E-state index in [1.807, 2.05) is 25.1 Å². The number of hydrogen-bond acceptors (Lipinski definition) is 6. The van der Waals surface area contributed by atoms with Crippen molar-refractivity contribution < 1.29 is 24.2 Å². The largest absolute Gasteiger partial charge is 0.507 e. The van der Waals surface area contributed by atoms with Gasteiger partial charge in [-0.1, -0.05) is 48.0 Å². The van der Waals surface area contributed by atoms with E-state index >= 15 is 0 Å². The van der Waals surface area contributed by atoms with Crippen molar-refractivity contribution in [3.05, 3.63) is 63.6 Å². The van der Waals surface area contributed by atoms with Crippen LogP contribution in [0.25, 0.3) is 5.76 Å². The van der Waals surface area contributed by atoms with E-state index in [2.05, 4.69) is 29.8 Å². The molecule has 0 saturated carbocycles. The number of nitrogens with zero attached hydrogens (tertiary/aromatic N) is 2. The molecule has 188 valence electrons. The molecule has 0 aliphatic carbocycles. The number of rotatable bonds is 10. The predicted molar refractivity (Wildman–Crippen MR) is 140 cm³/mol. The van der Waals surface area contributed by atoms with Gasteiger partial charge in [-0.3, -0.25) is 9.59 Å². The van der Waals surface area contributed by atoms with E-state index in [0.29, 0.717) is 48.2 Å². The van der Waals surface area contributed by atoms with Gasteiger partial charge in [-0.25, -0.2) is 0 Å². The Morgan fingerprint density at radius 1 is 1.11 bits per heavy atom. The number of aliphatic hydroxyl groups is 1. The van der Waals surface area contributed by atoms with Crippen LogP contribution in [0.4, 0.5) is 0 Å². The van der Waals surface area contributed by atoms with Crippen molar-refractivity contribution in [1.82, 2.24) is 9.80 Å². The van der Waals surface area contributed by atoms with Gasteiger partial charge in [0.25, 0.3) is 11.7 Å². The quantitative estimate of drug-likeness (QED) is 0.261. The first-order valence-electron chi connectivity index (χ1n) is 11.6. The Labute approximate surface area is 215 Å². The van der Waals surface area contributed by atoms with E-state index in [1.54, 1.807) is 43.5 Å². The summed E-state index contributed by atoms with van der Waals surface area (Å²) in [5.41, 5.74) is 1.19. The normalized spacial score (nSPS) is 17.5. The smallest absolute Gasteiger partial charge is 0.295 e. The summed E-state index contributed by atoms with van der Waals surface area (Å²) in [6.45, 7) is 5.71. The predicted octanol–water partition coefficient (Wildman–Crippen LogP) is 4.87. The summed E-state index contributed by atoms with van der Waals surface area (Å²) >= 11 is 3.38. The molecule has 1 unspecified atom stereocenters. The lowest BCUT2D eigenvalue weighted by Gasteiger charge is -2.27. The Hall–Kier alpha value is -2.84. The van der Waals surface area contributed by atoms with E-state index in [0.717, 1.165) is 10.9 Å². The Balaban J connectivity index is 2.08. The number of benzene rings is 2. The minimum Gasteiger partial charge on any atom is -0.507 e. The fourth-order valence-electron chi connectivity index (χ4n) is 3.91. The number of methoxy groups -OCH3 is 1. The van der Waals surface area contributed by atoms with E-state index in [4.69, 9.17) is 9.47 Å². The summed E-state index contributed by atoms with van der Waals surface area (Å²) < 4.78 is 12.3. The summed E-state index contributed by atoms with van der Waals surface area (Å²) in [6, 6.07) is 11.6. The van der Waals surface area contributed by atoms with E-state index in [9.17, 15) is 14.7 Å². The third-order valence-corrected chi connectivity index (χ3v) is 6.43. The molecular weight excluding hydrogens is 512 g/mol. The average molecular weight is 545 g/mol. The maximum atomic E-state index is 13.2. The van der Waals surface area contributed by atoms with Crippen molar-refractivity contribution in [2.24, 2.45) is 5.92 Å². The zero-order chi connectivity index (χ0) is 25.7. The summed E-state index contributed by atoms with van der Waals surface area (Å²) in [5.74, 6) is 0.0695. The van der Waals surface area contributed by atoms with Crippen molar-refractivity contribution in [1.29, 1.82) is 0 Å². The summed E-state index contributed by atoms with van der Waals surface area (Å²) in [4.78, 5) is 29.7. The molecule has 1 N–H and O–H groups in total. The second-order valence-corrected chi connectivity index (χ2v) is 10.2. The highest BCUT2D eigenvalue weighted by Crippen LogP contribution is 2.42. The first-order chi connectivity index (χ1) is 16.6. The molecule has 1 amide bonds. The highest BCUT2D eigenvalue weighted by Gasteiger charge is 2.46. The molecule has 3 rings (SSSR count). The molecule has 0 radical (unpaired) electrons. The number of carbonyl (C=O) groups is 2. The van der Waals surface area contributed by atoms with Crippen LogP contribution in [0, 0.1) is 5.92 Å². The van der Waals surface area contributed by atoms with Crippen molar-refractivity contribution in [3.63, 3.8) is 0 Å². The monoisotopic (exact) mass is 544 g/mol. The molecule has 2 aromatic rings. The number of likely N-dealkylation sites (N-methyl/N-ethyl adjacent to an activating group) is 1. The second kappa shape index (κ2) is 11.7. The average Bonchev–Trinajstić information content (AvgIpc) is 3.07. The first kappa shape index (κ1) is 26.8. The molecule has 1 aliphatic rings. The lowest BCUT2D eigenvalue weighted by Crippen LogP contribution is -2.35. The summed E-state index contributed by atoms with van der Waals surface area (Å²) in [6.07, 6.45) is 0.906. The van der Waals surface area contributed by atoms with Gasteiger partial charge in [0.15, 0.2) is 11.5 Å². The molecule has 0 bridgehead atoms. The Morgan fingerprint density at radius 2 is 1.80 bits per heavy atom. The number of Topliss-reactive ketones (excluding diaryl/α,β-unsaturated/α-hetero) is 1. The van der Waals surface area contributed by atoms with Crippen molar-refractivity contribution in [3.8, 4) is 11.5 Å². The SMILES string of the molecule is COc1cc(C2/C(=C(\O)c3ccc(Br)cc3)C(=O)C(=O)N2CCN(C)C)ccc1OCCC(C)C. The Kier molecular flexibility index (Phi) is 8.97. The molecular formula is C27H33BrN2O5. The Morgan fingerprint density at radius 3 is 2.40 bits per heavy atom. The fraction of sp³-hybridized carbons (Fsp3) is 0.407. The Bertz CT molecular complexity index is 1100. The van der Waals surface area contributed by atoms with Gasteiger partial charge in [0.1, 0.15) is 5.76 Å². The zero-order valence-electron chi connectivity index (χ0n) is 20.9. The number of amides is 1. The van der Waals surface area contributed by atoms with Gasteiger partial charge in [0.2, 0.25) is 0 Å². The van der Waals surface area contributed by atoms with Crippen LogP contribution in [0.3, 0.4) is 0 Å². The van der Waals surface area contributed by atoms with Gasteiger partial charge in [-0.05, 0) is 56.3 Å². The molecule has 7 nitrogen and oxygen atoms in total. The molecule has 35 heavy (non-hydrogen) atoms. The molecule has 1 aliphatic heterocycles. The molecule has 0 aromatic heterocycles. The highest BCUT2D eigenvalue weighted by atomic mass is 79.9. The third-order valence-electron chi connectivity index (χ3n) is 5.90. The van der Waals surface area contributed by atoms with Crippen LogP contribution in [-0.4, -0.2) is 67.5 Å². The van der Waals surface area contributed by atoms with Gasteiger partial charge < -0.3 is 24.4 Å². The summed E-state index contributed by atoms with van der Waals surface area (Å²) in [7, 11) is 5.36. The lowest BCUT2D eigenvalue weighted by atomic mass is 9.95. The van der Waals surface area contributed by atoms with Crippen molar-refractivity contribution in [2.45, 2.75) is 26.3 Å². The van der Waals surface area contributed by atoms with Crippen LogP contribution in [0.15, 0.2) is 52.5 Å². The van der Waals surface area contributed by atoms with Crippen LogP contribution in [0.2, 0.25) is 0 Å². The number of likely N-dealkylation sites (tertiary alicyclic amines) is 1. The standard InChI is InChI=1S/C27H33BrN2O5/c1-17(2)12-15-35-21-11-8-19(16-22(21)34-5)24-23(25(31)18-6-9-20(28)10-7-18)26(32)27(33)30(24)14-13-29(3)4/h6-11,16-17,24,31H,12-15H2,1-5H3/b25-23+. The van der Waals surface area contributed by atoms with Gasteiger partial charge in [-0.15, -0.1) is 0 Å². The van der Waals surface area contributed by atoms with Gasteiger partial charge in [-0.2, -0.15) is 0 Å². The van der Waals surface area contributed by atoms with E-state index in [-0.39, 0.29) is 11.3 Å². The van der Waals surface area contributed by atoms with Crippen LogP contribution in [0.5, 0.6) is 11.5 Å². The van der Waals surface area contributed by atoms with Crippen LogP contribution < -0.4 is 9.47 Å². The maximum absolute atomic E-state index is 13.2. The molecule has 2 aromatic carbocycles. The first-order valence-corrected chi connectivity index (χ1v) is 12.4. The number of aliphatic hydroxyl groups excluding tert-OH is 1. The number of hydrogen-bond donors (Lipinski definition) is 1. The van der Waals surface area contributed by atoms with Crippen molar-refractivity contribution in [2.75, 3.05) is 40.9 Å². The van der Waals surface area contributed by atoms with Gasteiger partial charge >= 0.3 is 0 Å². The lowest BCUT2D eigenvalue weighted by molar-refractivity contribution is -0.140. The molecule has 0 spiro atoms. The molecule has 1 saturated heterocycles. The van der Waals surface area contributed by atoms with Gasteiger partial charge in [0, 0.05) is 23.1 Å². The van der Waals surface area contributed by atoms with Crippen molar-refractivity contribution >= 4 is 33.4 Å². The van der Waals surface area contributed by atoms with E-state index in [1.165, 1.54) is 4.90 Å². The number of halogens is 1. The van der Waals surface area contributed by atoms with Crippen LogP contribution in [0.1, 0.15) is 37.4 Å². The number of ketones is 1. The second-order valence-electron chi connectivity index (χ2n) is 9.24. The summed E-state index contributed by atoms with van der Waals surface area (Å²) in [5, 5.41) is 11.2. The van der Waals surface area contributed by atoms with Gasteiger partial charge in [0.05, 0.1) is 25.3 Å². The number of carbonyl (C=O) groups excluding carboxylic acids is 2. The highest BCUT2D eigenvalue weighted by molar-refractivity contribution is 9.10. The topological polar surface area (TPSA) is 79.3 Å². The van der Waals surface area contributed by atoms with E-state index < -0.39 is 17.7 Å². The maximum Gasteiger partial charge on any atom is 0.295 e. The molecule has 1 heterocycles.